The molecule has 0 saturated carbocycles. The predicted molar refractivity (Wildman–Crippen MR) is 116 cm³/mol. The molecule has 0 amide bonds. The molecular weight excluding hydrogens is 314 g/mol. The maximum atomic E-state index is 4.44. The Morgan fingerprint density at radius 3 is 1.65 bits per heavy atom. The van der Waals surface area contributed by atoms with Crippen LogP contribution in [0.5, 0.6) is 0 Å². The highest BCUT2D eigenvalue weighted by molar-refractivity contribution is 5.15. The number of hydrogen-bond acceptors (Lipinski definition) is 0. The average Bonchev–Trinajstić information content (AvgIpc) is 2.61. The van der Waals surface area contributed by atoms with Crippen LogP contribution in [0.15, 0.2) is 30.3 Å². The van der Waals surface area contributed by atoms with Crippen LogP contribution in [-0.2, 0) is 6.42 Å². The van der Waals surface area contributed by atoms with E-state index in [1.54, 1.807) is 0 Å². The molecule has 0 aliphatic heterocycles. The van der Waals surface area contributed by atoms with Crippen LogP contribution in [0.3, 0.4) is 0 Å². The van der Waals surface area contributed by atoms with Crippen LogP contribution in [-0.4, -0.2) is 5.54 Å². The highest BCUT2D eigenvalue weighted by Gasteiger charge is 2.28. The van der Waals surface area contributed by atoms with E-state index in [-0.39, 0.29) is 5.54 Å². The average molecular weight is 361 g/mol. The number of benzene rings is 1. The lowest BCUT2D eigenvalue weighted by molar-refractivity contribution is -0.480. The first-order chi connectivity index (χ1) is 12.5. The van der Waals surface area contributed by atoms with Gasteiger partial charge >= 0.3 is 0 Å². The number of quaternary nitrogens is 1. The maximum Gasteiger partial charge on any atom is 0.0920 e. The van der Waals surface area contributed by atoms with Crippen molar-refractivity contribution in [3.63, 3.8) is 0 Å². The van der Waals surface area contributed by atoms with Gasteiger partial charge in [-0.2, -0.15) is 0 Å². The van der Waals surface area contributed by atoms with Gasteiger partial charge in [0.1, 0.15) is 0 Å². The van der Waals surface area contributed by atoms with Crippen molar-refractivity contribution in [1.29, 1.82) is 0 Å². The molecule has 0 spiro atoms. The van der Waals surface area contributed by atoms with Gasteiger partial charge in [0.2, 0.25) is 0 Å². The zero-order valence-electron chi connectivity index (χ0n) is 18.1. The molecule has 0 radical (unpaired) electrons. The molecule has 3 N–H and O–H groups in total. The Kier molecular flexibility index (Phi) is 12.7. The fourth-order valence-electron chi connectivity index (χ4n) is 3.90. The molecule has 1 aromatic rings. The predicted octanol–water partition coefficient (Wildman–Crippen LogP) is 6.96. The summed E-state index contributed by atoms with van der Waals surface area (Å²) in [4.78, 5) is 0. The van der Waals surface area contributed by atoms with E-state index in [9.17, 15) is 0 Å². The van der Waals surface area contributed by atoms with Crippen LogP contribution in [0.25, 0.3) is 0 Å². The molecule has 1 atom stereocenters. The normalized spacial score (nSPS) is 13.1. The molecule has 150 valence electrons. The zero-order valence-corrected chi connectivity index (χ0v) is 18.1. The van der Waals surface area contributed by atoms with E-state index in [0.717, 1.165) is 0 Å². The summed E-state index contributed by atoms with van der Waals surface area (Å²) in [6.07, 6.45) is 19.6. The highest BCUT2D eigenvalue weighted by atomic mass is 14.7. The van der Waals surface area contributed by atoms with Gasteiger partial charge in [-0.1, -0.05) is 114 Å². The minimum atomic E-state index is 0.160. The fourth-order valence-corrected chi connectivity index (χ4v) is 3.90. The second kappa shape index (κ2) is 14.3. The van der Waals surface area contributed by atoms with Gasteiger partial charge in [0.25, 0.3) is 0 Å². The first-order valence-electron chi connectivity index (χ1n) is 11.4. The molecule has 1 nitrogen and oxygen atoms in total. The van der Waals surface area contributed by atoms with Gasteiger partial charge in [-0.25, -0.2) is 0 Å². The Morgan fingerprint density at radius 2 is 1.19 bits per heavy atom. The van der Waals surface area contributed by atoms with Crippen LogP contribution < -0.4 is 5.73 Å². The van der Waals surface area contributed by atoms with Crippen molar-refractivity contribution in [1.82, 2.24) is 0 Å². The molecule has 0 bridgehead atoms. The van der Waals surface area contributed by atoms with Gasteiger partial charge in [0.05, 0.1) is 5.54 Å². The molecule has 0 aliphatic rings. The van der Waals surface area contributed by atoms with Crippen LogP contribution in [0.2, 0.25) is 0 Å². The zero-order chi connectivity index (χ0) is 19.1. The van der Waals surface area contributed by atoms with Crippen LogP contribution >= 0.6 is 0 Å². The van der Waals surface area contributed by atoms with Crippen LogP contribution in [0, 0.1) is 5.92 Å². The molecule has 1 unspecified atom stereocenters. The van der Waals surface area contributed by atoms with Gasteiger partial charge in [0.15, 0.2) is 0 Å². The maximum absolute atomic E-state index is 4.44. The Morgan fingerprint density at radius 1 is 0.731 bits per heavy atom. The summed E-state index contributed by atoms with van der Waals surface area (Å²) in [6.45, 7) is 6.91. The Bertz CT molecular complexity index is 418. The first-order valence-corrected chi connectivity index (χ1v) is 11.4. The van der Waals surface area contributed by atoms with Crippen molar-refractivity contribution in [2.45, 2.75) is 116 Å². The second-order valence-electron chi connectivity index (χ2n) is 9.05. The summed E-state index contributed by atoms with van der Waals surface area (Å²) in [5, 5.41) is 0. The summed E-state index contributed by atoms with van der Waals surface area (Å²) in [5.74, 6) is 0.688. The monoisotopic (exact) mass is 360 g/mol. The lowest BCUT2D eigenvalue weighted by atomic mass is 9.80. The van der Waals surface area contributed by atoms with E-state index >= 15 is 0 Å². The molecular formula is C25H46N+. The molecule has 0 fully saturated rings. The smallest absolute Gasteiger partial charge is 0.0920 e. The van der Waals surface area contributed by atoms with Crippen molar-refractivity contribution in [3.05, 3.63) is 35.9 Å². The molecule has 0 saturated heterocycles. The van der Waals surface area contributed by atoms with E-state index in [1.807, 2.05) is 0 Å². The minimum absolute atomic E-state index is 0.160. The van der Waals surface area contributed by atoms with Crippen molar-refractivity contribution >= 4 is 0 Å². The molecule has 1 heteroatoms. The molecule has 0 aliphatic carbocycles. The summed E-state index contributed by atoms with van der Waals surface area (Å²) in [7, 11) is 0. The Labute approximate surface area is 164 Å². The van der Waals surface area contributed by atoms with Gasteiger partial charge in [-0.05, 0) is 32.3 Å². The van der Waals surface area contributed by atoms with Crippen molar-refractivity contribution in [2.24, 2.45) is 5.92 Å². The van der Waals surface area contributed by atoms with E-state index in [0.29, 0.717) is 5.92 Å². The van der Waals surface area contributed by atoms with Gasteiger partial charge in [-0.3, -0.25) is 0 Å². The topological polar surface area (TPSA) is 27.6 Å². The summed E-state index contributed by atoms with van der Waals surface area (Å²) < 4.78 is 0. The number of unbranched alkanes of at least 4 members (excludes halogenated alkanes) is 11. The largest absolute Gasteiger partial charge is 0.353 e. The molecule has 1 aromatic carbocycles. The standard InChI is InChI=1S/C25H45N/c1-4-5-6-7-8-9-10-11-12-13-14-18-21-24(25(2,3)26)22-23-19-16-15-17-20-23/h15-17,19-20,24H,4-14,18,21-22,26H2,1-3H3/p+1. The van der Waals surface area contributed by atoms with Crippen LogP contribution in [0.4, 0.5) is 0 Å². The fraction of sp³-hybridized carbons (Fsp3) is 0.760. The third kappa shape index (κ3) is 11.7. The highest BCUT2D eigenvalue weighted by Crippen LogP contribution is 2.24. The second-order valence-corrected chi connectivity index (χ2v) is 9.05. The van der Waals surface area contributed by atoms with Gasteiger partial charge < -0.3 is 5.73 Å². The molecule has 1 rings (SSSR count). The van der Waals surface area contributed by atoms with Crippen molar-refractivity contribution in [3.8, 4) is 0 Å². The van der Waals surface area contributed by atoms with E-state index in [1.165, 1.54) is 95.5 Å². The molecule has 26 heavy (non-hydrogen) atoms. The third-order valence-corrected chi connectivity index (χ3v) is 5.84. The Balaban J connectivity index is 2.07. The third-order valence-electron chi connectivity index (χ3n) is 5.84. The van der Waals surface area contributed by atoms with Crippen LogP contribution in [0.1, 0.15) is 110 Å². The first kappa shape index (κ1) is 23.2. The molecule has 0 heterocycles. The van der Waals surface area contributed by atoms with Crippen molar-refractivity contribution < 1.29 is 5.73 Å². The van der Waals surface area contributed by atoms with E-state index in [2.05, 4.69) is 56.8 Å². The SMILES string of the molecule is CCCCCCCCCCCCCCC(Cc1ccccc1)C(C)(C)[NH3+]. The van der Waals surface area contributed by atoms with Crippen molar-refractivity contribution in [2.75, 3.05) is 0 Å². The lowest BCUT2D eigenvalue weighted by Crippen LogP contribution is -2.72. The quantitative estimate of drug-likeness (QED) is 0.309. The number of hydrogen-bond donors (Lipinski definition) is 1. The lowest BCUT2D eigenvalue weighted by Gasteiger charge is -2.27. The van der Waals surface area contributed by atoms with E-state index in [4.69, 9.17) is 0 Å². The van der Waals surface area contributed by atoms with E-state index < -0.39 is 0 Å². The number of rotatable bonds is 16. The van der Waals surface area contributed by atoms with Gasteiger partial charge in [0, 0.05) is 5.92 Å². The summed E-state index contributed by atoms with van der Waals surface area (Å²) >= 11 is 0. The summed E-state index contributed by atoms with van der Waals surface area (Å²) in [5.41, 5.74) is 6.07. The summed E-state index contributed by atoms with van der Waals surface area (Å²) in [6, 6.07) is 11.0. The minimum Gasteiger partial charge on any atom is -0.353 e. The molecule has 0 aromatic heterocycles. The Hall–Kier alpha value is -0.820. The van der Waals surface area contributed by atoms with Gasteiger partial charge in [-0.15, -0.1) is 0 Å².